The van der Waals surface area contributed by atoms with Gasteiger partial charge in [0.2, 0.25) is 0 Å². The van der Waals surface area contributed by atoms with E-state index in [0.717, 1.165) is 46.7 Å². The second-order valence-corrected chi connectivity index (χ2v) is 10.1. The molecule has 1 aliphatic rings. The van der Waals surface area contributed by atoms with Gasteiger partial charge in [-0.2, -0.15) is 0 Å². The van der Waals surface area contributed by atoms with E-state index in [0.29, 0.717) is 23.3 Å². The van der Waals surface area contributed by atoms with E-state index in [4.69, 9.17) is 14.5 Å². The number of nitrogens with zero attached hydrogens (tertiary/aromatic N) is 3. The molecule has 0 bridgehead atoms. The molecule has 170 valence electrons. The molecule has 0 radical (unpaired) electrons. The van der Waals surface area contributed by atoms with E-state index in [9.17, 15) is 4.79 Å². The van der Waals surface area contributed by atoms with Crippen molar-refractivity contribution in [3.05, 3.63) is 75.4 Å². The summed E-state index contributed by atoms with van der Waals surface area (Å²) >= 11 is 3.18. The first-order chi connectivity index (χ1) is 16.1. The zero-order valence-corrected chi connectivity index (χ0v) is 20.2. The number of hydrogen-bond acceptors (Lipinski definition) is 7. The van der Waals surface area contributed by atoms with Gasteiger partial charge in [-0.25, -0.2) is 4.98 Å². The number of para-hydroxylation sites is 1. The second kappa shape index (κ2) is 9.59. The number of fused-ring (bicyclic) bond motifs is 3. The summed E-state index contributed by atoms with van der Waals surface area (Å²) in [5.74, 6) is 2.21. The number of aromatic nitrogens is 2. The van der Waals surface area contributed by atoms with E-state index >= 15 is 0 Å². The number of hydrogen-bond donors (Lipinski definition) is 0. The number of likely N-dealkylation sites (N-methyl/N-ethyl adjacent to an activating group) is 1. The molecular formula is C25H25N3O3S2. The van der Waals surface area contributed by atoms with Gasteiger partial charge in [0.05, 0.1) is 24.8 Å². The normalized spacial score (nSPS) is 13.8. The monoisotopic (exact) mass is 479 g/mol. The Morgan fingerprint density at radius 2 is 1.94 bits per heavy atom. The summed E-state index contributed by atoms with van der Waals surface area (Å²) in [6.45, 7) is 2.33. The minimum atomic E-state index is -0.0122. The van der Waals surface area contributed by atoms with Crippen molar-refractivity contribution < 1.29 is 9.47 Å². The molecule has 6 nitrogen and oxygen atoms in total. The zero-order valence-electron chi connectivity index (χ0n) is 18.6. The van der Waals surface area contributed by atoms with Gasteiger partial charge in [0.25, 0.3) is 5.56 Å². The lowest BCUT2D eigenvalue weighted by atomic mass is 10.1. The largest absolute Gasteiger partial charge is 0.497 e. The maximum absolute atomic E-state index is 13.8. The molecule has 2 aromatic heterocycles. The molecule has 2 aromatic carbocycles. The highest BCUT2D eigenvalue weighted by atomic mass is 32.2. The van der Waals surface area contributed by atoms with E-state index in [1.807, 2.05) is 54.6 Å². The third-order valence-electron chi connectivity index (χ3n) is 5.67. The third-order valence-corrected chi connectivity index (χ3v) is 7.69. The van der Waals surface area contributed by atoms with Gasteiger partial charge in [-0.3, -0.25) is 9.36 Å². The quantitative estimate of drug-likeness (QED) is 0.219. The summed E-state index contributed by atoms with van der Waals surface area (Å²) < 4.78 is 13.0. The van der Waals surface area contributed by atoms with Crippen LogP contribution in [0.5, 0.6) is 11.5 Å². The fraction of sp³-hybridized carbons (Fsp3) is 0.280. The van der Waals surface area contributed by atoms with Gasteiger partial charge < -0.3 is 14.4 Å². The number of thiophene rings is 1. The van der Waals surface area contributed by atoms with Crippen LogP contribution in [0.1, 0.15) is 10.4 Å². The molecule has 0 spiro atoms. The number of benzene rings is 2. The van der Waals surface area contributed by atoms with Gasteiger partial charge in [0.15, 0.2) is 5.16 Å². The summed E-state index contributed by atoms with van der Waals surface area (Å²) in [5.41, 5.74) is 1.90. The van der Waals surface area contributed by atoms with E-state index in [1.165, 1.54) is 16.6 Å². The van der Waals surface area contributed by atoms with E-state index in [1.54, 1.807) is 23.0 Å². The lowest BCUT2D eigenvalue weighted by molar-refractivity contribution is 0.318. The van der Waals surface area contributed by atoms with Crippen molar-refractivity contribution in [1.29, 1.82) is 0 Å². The molecule has 4 aromatic rings. The minimum absolute atomic E-state index is 0.0122. The van der Waals surface area contributed by atoms with Crippen molar-refractivity contribution in [1.82, 2.24) is 14.5 Å². The van der Waals surface area contributed by atoms with Crippen molar-refractivity contribution in [2.24, 2.45) is 0 Å². The molecule has 5 rings (SSSR count). The highest BCUT2D eigenvalue weighted by Crippen LogP contribution is 2.34. The van der Waals surface area contributed by atoms with Crippen molar-refractivity contribution in [2.45, 2.75) is 18.1 Å². The van der Waals surface area contributed by atoms with Crippen LogP contribution in [0.3, 0.4) is 0 Å². The lowest BCUT2D eigenvalue weighted by Gasteiger charge is -2.21. The Kier molecular flexibility index (Phi) is 6.39. The van der Waals surface area contributed by atoms with Gasteiger partial charge in [-0.05, 0) is 43.3 Å². The molecule has 3 heterocycles. The highest BCUT2D eigenvalue weighted by Gasteiger charge is 2.24. The molecule has 8 heteroatoms. The van der Waals surface area contributed by atoms with Crippen LogP contribution in [0, 0.1) is 0 Å². The lowest BCUT2D eigenvalue weighted by Crippen LogP contribution is -2.27. The predicted octanol–water partition coefficient (Wildman–Crippen LogP) is 4.61. The van der Waals surface area contributed by atoms with Crippen LogP contribution in [0.2, 0.25) is 0 Å². The highest BCUT2D eigenvalue weighted by molar-refractivity contribution is 7.99. The van der Waals surface area contributed by atoms with Gasteiger partial charge in [-0.1, -0.05) is 36.0 Å². The number of rotatable bonds is 7. The fourth-order valence-electron chi connectivity index (χ4n) is 4.03. The van der Waals surface area contributed by atoms with E-state index in [2.05, 4.69) is 11.9 Å². The molecule has 0 fully saturated rings. The van der Waals surface area contributed by atoms with Crippen LogP contribution < -0.4 is 15.0 Å². The standard InChI is InChI=1S/C25H25N3O3S2/c1-27-12-11-20-21(16-27)33-23-22(20)24(29)28(17-7-6-10-19(15-17)30-2)25(26-23)32-14-13-31-18-8-4-3-5-9-18/h3-10,15H,11-14,16H2,1-2H3. The van der Waals surface area contributed by atoms with Crippen molar-refractivity contribution in [3.8, 4) is 17.2 Å². The summed E-state index contributed by atoms with van der Waals surface area (Å²) in [4.78, 5) is 23.2. The molecule has 0 aliphatic carbocycles. The predicted molar refractivity (Wildman–Crippen MR) is 134 cm³/mol. The number of methoxy groups -OCH3 is 1. The van der Waals surface area contributed by atoms with Crippen LogP contribution >= 0.6 is 23.1 Å². The van der Waals surface area contributed by atoms with Gasteiger partial charge in [0, 0.05) is 29.8 Å². The fourth-order valence-corrected chi connectivity index (χ4v) is 6.21. The molecule has 0 unspecified atom stereocenters. The van der Waals surface area contributed by atoms with Gasteiger partial charge >= 0.3 is 0 Å². The minimum Gasteiger partial charge on any atom is -0.497 e. The maximum Gasteiger partial charge on any atom is 0.267 e. The average Bonchev–Trinajstić information content (AvgIpc) is 3.20. The molecule has 0 atom stereocenters. The van der Waals surface area contributed by atoms with Gasteiger partial charge in [-0.15, -0.1) is 11.3 Å². The second-order valence-electron chi connectivity index (χ2n) is 7.92. The molecular weight excluding hydrogens is 454 g/mol. The van der Waals surface area contributed by atoms with E-state index < -0.39 is 0 Å². The van der Waals surface area contributed by atoms with Crippen LogP contribution in [0.25, 0.3) is 15.9 Å². The molecule has 0 N–H and O–H groups in total. The van der Waals surface area contributed by atoms with Crippen molar-refractivity contribution >= 4 is 33.3 Å². The summed E-state index contributed by atoms with van der Waals surface area (Å²) in [7, 11) is 3.75. The molecule has 0 amide bonds. The van der Waals surface area contributed by atoms with Gasteiger partial charge in [0.1, 0.15) is 16.3 Å². The Morgan fingerprint density at radius 3 is 2.76 bits per heavy atom. The smallest absolute Gasteiger partial charge is 0.267 e. The first kappa shape index (κ1) is 22.0. The van der Waals surface area contributed by atoms with Crippen molar-refractivity contribution in [3.63, 3.8) is 0 Å². The first-order valence-corrected chi connectivity index (χ1v) is 12.6. The van der Waals surface area contributed by atoms with Crippen LogP contribution in [-0.4, -0.2) is 47.5 Å². The molecule has 1 aliphatic heterocycles. The Morgan fingerprint density at radius 1 is 1.12 bits per heavy atom. The van der Waals surface area contributed by atoms with Crippen LogP contribution in [0.4, 0.5) is 0 Å². The Balaban J connectivity index is 1.53. The Hall–Kier alpha value is -2.81. The topological polar surface area (TPSA) is 56.6 Å². The number of thioether (sulfide) groups is 1. The molecule has 0 saturated heterocycles. The summed E-state index contributed by atoms with van der Waals surface area (Å²) in [5, 5.41) is 1.43. The molecule has 33 heavy (non-hydrogen) atoms. The Labute approximate surface area is 200 Å². The SMILES string of the molecule is COc1cccc(-n2c(SCCOc3ccccc3)nc3sc4c(c3c2=O)CCN(C)C4)c1. The summed E-state index contributed by atoms with van der Waals surface area (Å²) in [6, 6.07) is 17.3. The van der Waals surface area contributed by atoms with Crippen molar-refractivity contribution in [2.75, 3.05) is 33.1 Å². The third kappa shape index (κ3) is 4.51. The first-order valence-electron chi connectivity index (χ1n) is 10.8. The zero-order chi connectivity index (χ0) is 22.8. The summed E-state index contributed by atoms with van der Waals surface area (Å²) in [6.07, 6.45) is 0.873. The maximum atomic E-state index is 13.8. The average molecular weight is 480 g/mol. The van der Waals surface area contributed by atoms with Crippen LogP contribution in [0.15, 0.2) is 64.5 Å². The van der Waals surface area contributed by atoms with Crippen LogP contribution in [-0.2, 0) is 13.0 Å². The Bertz CT molecular complexity index is 1330. The number of ether oxygens (including phenoxy) is 2. The van der Waals surface area contributed by atoms with E-state index in [-0.39, 0.29) is 5.56 Å². The molecule has 0 saturated carbocycles.